The molecule has 18 heavy (non-hydrogen) atoms. The molecule has 3 heteroatoms. The van der Waals surface area contributed by atoms with E-state index in [1.807, 2.05) is 12.1 Å². The van der Waals surface area contributed by atoms with Crippen LogP contribution in [-0.4, -0.2) is 12.1 Å². The van der Waals surface area contributed by atoms with Gasteiger partial charge in [-0.05, 0) is 44.6 Å². The lowest BCUT2D eigenvalue weighted by Gasteiger charge is -2.18. The van der Waals surface area contributed by atoms with Crippen molar-refractivity contribution in [3.63, 3.8) is 0 Å². The fraction of sp³-hybridized carbons (Fsp3) is 0.600. The first-order valence-corrected chi connectivity index (χ1v) is 7.38. The molecule has 2 fully saturated rings. The highest BCUT2D eigenvalue weighted by Gasteiger charge is 2.22. The van der Waals surface area contributed by atoms with Gasteiger partial charge in [0.2, 0.25) is 0 Å². The fourth-order valence-electron chi connectivity index (χ4n) is 2.54. The maximum atomic E-state index is 6.29. The average molecular weight is 266 g/mol. The van der Waals surface area contributed by atoms with Gasteiger partial charge in [0.05, 0.1) is 11.1 Å². The molecule has 1 aromatic rings. The van der Waals surface area contributed by atoms with Crippen LogP contribution in [0.5, 0.6) is 5.75 Å². The third-order valence-corrected chi connectivity index (χ3v) is 4.09. The zero-order valence-electron chi connectivity index (χ0n) is 10.6. The summed E-state index contributed by atoms with van der Waals surface area (Å²) in [5, 5.41) is 4.27. The van der Waals surface area contributed by atoms with Gasteiger partial charge < -0.3 is 10.1 Å². The SMILES string of the molecule is Clc1cccc(CNC2CC2)c1OC1CCCC1. The second-order valence-corrected chi connectivity index (χ2v) is 5.81. The highest BCUT2D eigenvalue weighted by atomic mass is 35.5. The third kappa shape index (κ3) is 2.99. The lowest BCUT2D eigenvalue weighted by Crippen LogP contribution is -2.18. The molecule has 2 saturated carbocycles. The summed E-state index contributed by atoms with van der Waals surface area (Å²) in [6, 6.07) is 6.76. The van der Waals surface area contributed by atoms with Crippen molar-refractivity contribution in [1.29, 1.82) is 0 Å². The van der Waals surface area contributed by atoms with Crippen LogP contribution >= 0.6 is 11.6 Å². The van der Waals surface area contributed by atoms with Gasteiger partial charge in [-0.1, -0.05) is 23.7 Å². The Morgan fingerprint density at radius 3 is 2.67 bits per heavy atom. The van der Waals surface area contributed by atoms with Crippen LogP contribution in [-0.2, 0) is 6.54 Å². The molecule has 2 nitrogen and oxygen atoms in total. The lowest BCUT2D eigenvalue weighted by atomic mass is 10.2. The zero-order chi connectivity index (χ0) is 12.4. The summed E-state index contributed by atoms with van der Waals surface area (Å²) in [7, 11) is 0. The molecule has 0 bridgehead atoms. The first-order valence-electron chi connectivity index (χ1n) is 7.00. The van der Waals surface area contributed by atoms with E-state index in [9.17, 15) is 0 Å². The molecular formula is C15H20ClNO. The summed E-state index contributed by atoms with van der Waals surface area (Å²) in [6.07, 6.45) is 7.88. The molecular weight excluding hydrogens is 246 g/mol. The Morgan fingerprint density at radius 2 is 1.94 bits per heavy atom. The first-order chi connectivity index (χ1) is 8.83. The van der Waals surface area contributed by atoms with Gasteiger partial charge in [-0.15, -0.1) is 0 Å². The van der Waals surface area contributed by atoms with Gasteiger partial charge in [-0.25, -0.2) is 0 Å². The highest BCUT2D eigenvalue weighted by molar-refractivity contribution is 6.32. The molecule has 0 aliphatic heterocycles. The minimum absolute atomic E-state index is 0.365. The van der Waals surface area contributed by atoms with Crippen molar-refractivity contribution < 1.29 is 4.74 Å². The van der Waals surface area contributed by atoms with Crippen LogP contribution in [0.3, 0.4) is 0 Å². The summed E-state index contributed by atoms with van der Waals surface area (Å²) in [5.41, 5.74) is 1.20. The molecule has 1 aromatic carbocycles. The number of hydrogen-bond acceptors (Lipinski definition) is 2. The summed E-state index contributed by atoms with van der Waals surface area (Å²) >= 11 is 6.29. The van der Waals surface area contributed by atoms with E-state index in [1.54, 1.807) is 0 Å². The standard InChI is InChI=1S/C15H20ClNO/c16-14-7-3-4-11(10-17-12-8-9-12)15(14)18-13-5-1-2-6-13/h3-4,7,12-13,17H,1-2,5-6,8-10H2. The normalized spacial score (nSPS) is 20.3. The second kappa shape index (κ2) is 5.50. The van der Waals surface area contributed by atoms with E-state index in [1.165, 1.54) is 44.1 Å². The number of ether oxygens (including phenoxy) is 1. The highest BCUT2D eigenvalue weighted by Crippen LogP contribution is 2.33. The minimum atomic E-state index is 0.365. The van der Waals surface area contributed by atoms with Gasteiger partial charge >= 0.3 is 0 Å². The molecule has 0 heterocycles. The van der Waals surface area contributed by atoms with E-state index in [2.05, 4.69) is 11.4 Å². The van der Waals surface area contributed by atoms with E-state index in [-0.39, 0.29) is 0 Å². The maximum absolute atomic E-state index is 6.29. The Morgan fingerprint density at radius 1 is 1.17 bits per heavy atom. The van der Waals surface area contributed by atoms with Crippen molar-refractivity contribution in [1.82, 2.24) is 5.32 Å². The Bertz CT molecular complexity index is 411. The third-order valence-electron chi connectivity index (χ3n) is 3.79. The fourth-order valence-corrected chi connectivity index (χ4v) is 2.78. The molecule has 0 saturated heterocycles. The molecule has 0 atom stereocenters. The van der Waals surface area contributed by atoms with E-state index in [0.29, 0.717) is 12.1 Å². The Balaban J connectivity index is 1.71. The van der Waals surface area contributed by atoms with Crippen LogP contribution in [0.25, 0.3) is 0 Å². The van der Waals surface area contributed by atoms with Gasteiger partial charge in [0.1, 0.15) is 5.75 Å². The number of rotatable bonds is 5. The smallest absolute Gasteiger partial charge is 0.142 e. The minimum Gasteiger partial charge on any atom is -0.489 e. The number of halogens is 1. The van der Waals surface area contributed by atoms with Crippen LogP contribution < -0.4 is 10.1 Å². The molecule has 2 aliphatic carbocycles. The van der Waals surface area contributed by atoms with E-state index < -0.39 is 0 Å². The maximum Gasteiger partial charge on any atom is 0.142 e. The molecule has 0 unspecified atom stereocenters. The summed E-state index contributed by atoms with van der Waals surface area (Å²) in [4.78, 5) is 0. The van der Waals surface area contributed by atoms with Crippen LogP contribution in [0.2, 0.25) is 5.02 Å². The van der Waals surface area contributed by atoms with Gasteiger partial charge in [0.25, 0.3) is 0 Å². The monoisotopic (exact) mass is 265 g/mol. The largest absolute Gasteiger partial charge is 0.489 e. The van der Waals surface area contributed by atoms with Gasteiger partial charge in [0.15, 0.2) is 0 Å². The second-order valence-electron chi connectivity index (χ2n) is 5.41. The molecule has 0 amide bonds. The van der Waals surface area contributed by atoms with Crippen LogP contribution in [0.15, 0.2) is 18.2 Å². The van der Waals surface area contributed by atoms with Crippen molar-refractivity contribution in [3.8, 4) is 5.75 Å². The molecule has 2 aliphatic rings. The number of benzene rings is 1. The molecule has 1 N–H and O–H groups in total. The Kier molecular flexibility index (Phi) is 3.76. The summed E-state index contributed by atoms with van der Waals surface area (Å²) in [6.45, 7) is 0.868. The van der Waals surface area contributed by atoms with Crippen molar-refractivity contribution >= 4 is 11.6 Å². The number of para-hydroxylation sites is 1. The molecule has 3 rings (SSSR count). The summed E-state index contributed by atoms with van der Waals surface area (Å²) in [5.74, 6) is 0.902. The van der Waals surface area contributed by atoms with Gasteiger partial charge in [0, 0.05) is 18.2 Å². The van der Waals surface area contributed by atoms with Crippen molar-refractivity contribution in [3.05, 3.63) is 28.8 Å². The quantitative estimate of drug-likeness (QED) is 0.871. The lowest BCUT2D eigenvalue weighted by molar-refractivity contribution is 0.207. The predicted octanol–water partition coefficient (Wildman–Crippen LogP) is 3.91. The topological polar surface area (TPSA) is 21.3 Å². The molecule has 98 valence electrons. The number of hydrogen-bond donors (Lipinski definition) is 1. The average Bonchev–Trinajstić information content (AvgIpc) is 3.06. The Labute approximate surface area is 114 Å². The van der Waals surface area contributed by atoms with Gasteiger partial charge in [-0.3, -0.25) is 0 Å². The molecule has 0 spiro atoms. The first kappa shape index (κ1) is 12.3. The van der Waals surface area contributed by atoms with Crippen molar-refractivity contribution in [2.24, 2.45) is 0 Å². The van der Waals surface area contributed by atoms with Crippen molar-refractivity contribution in [2.75, 3.05) is 0 Å². The predicted molar refractivity (Wildman–Crippen MR) is 74.2 cm³/mol. The molecule has 0 aromatic heterocycles. The zero-order valence-corrected chi connectivity index (χ0v) is 11.4. The van der Waals surface area contributed by atoms with Crippen LogP contribution in [0.4, 0.5) is 0 Å². The van der Waals surface area contributed by atoms with E-state index >= 15 is 0 Å². The van der Waals surface area contributed by atoms with E-state index in [0.717, 1.165) is 17.3 Å². The van der Waals surface area contributed by atoms with E-state index in [4.69, 9.17) is 16.3 Å². The van der Waals surface area contributed by atoms with Crippen LogP contribution in [0.1, 0.15) is 44.1 Å². The van der Waals surface area contributed by atoms with Gasteiger partial charge in [-0.2, -0.15) is 0 Å². The summed E-state index contributed by atoms with van der Waals surface area (Å²) < 4.78 is 6.12. The van der Waals surface area contributed by atoms with Crippen LogP contribution in [0, 0.1) is 0 Å². The molecule has 0 radical (unpaired) electrons. The van der Waals surface area contributed by atoms with Crippen molar-refractivity contribution in [2.45, 2.75) is 57.2 Å². The Hall–Kier alpha value is -0.730. The number of nitrogens with one attached hydrogen (secondary N) is 1.